The van der Waals surface area contributed by atoms with E-state index in [2.05, 4.69) is 24.6 Å². The van der Waals surface area contributed by atoms with Crippen molar-refractivity contribution in [1.29, 1.82) is 0 Å². The molecule has 1 unspecified atom stereocenters. The highest BCUT2D eigenvalue weighted by molar-refractivity contribution is 6.76. The number of H-pyrrole nitrogens is 1. The van der Waals surface area contributed by atoms with Gasteiger partial charge in [-0.2, -0.15) is 13.2 Å². The van der Waals surface area contributed by atoms with Crippen molar-refractivity contribution in [3.05, 3.63) is 71.2 Å². The monoisotopic (exact) mass is 636 g/mol. The molecular formula is C33H44F4N2O4Si. The molecule has 0 saturated carbocycles. The first-order chi connectivity index (χ1) is 20.5. The molecule has 3 aromatic rings. The van der Waals surface area contributed by atoms with Crippen LogP contribution in [-0.2, 0) is 26.2 Å². The number of aromatic nitrogens is 1. The first-order valence-electron chi connectivity index (χ1n) is 15.1. The van der Waals surface area contributed by atoms with E-state index in [1.807, 2.05) is 20.8 Å². The maximum atomic E-state index is 14.2. The van der Waals surface area contributed by atoms with Crippen LogP contribution in [0, 0.1) is 5.82 Å². The maximum Gasteiger partial charge on any atom is 0.418 e. The van der Waals surface area contributed by atoms with E-state index < -0.39 is 31.4 Å². The molecule has 1 aliphatic heterocycles. The van der Waals surface area contributed by atoms with Gasteiger partial charge in [0, 0.05) is 50.3 Å². The lowest BCUT2D eigenvalue weighted by Crippen LogP contribution is -2.48. The van der Waals surface area contributed by atoms with Crippen molar-refractivity contribution in [2.45, 2.75) is 89.2 Å². The standard InChI is InChI=1S/C33H44F4N2O4Si/c1-31(2,3)43-30(40)39-15-12-32(13-16-39,26-7-9-27(34)10-8-26)22-41-21-25-20-24(19-23-11-14-38-28(23)25)29(33(35,36)37)42-17-18-44(4,5)6/h7-11,14,19-20,29,38H,12-13,15-18,21-22H2,1-6H3. The normalized spacial score (nSPS) is 16.7. The summed E-state index contributed by atoms with van der Waals surface area (Å²) in [7, 11) is -1.59. The first kappa shape index (κ1) is 34.0. The smallest absolute Gasteiger partial charge is 0.418 e. The van der Waals surface area contributed by atoms with Crippen LogP contribution in [-0.4, -0.2) is 62.1 Å². The van der Waals surface area contributed by atoms with Gasteiger partial charge in [-0.1, -0.05) is 31.8 Å². The van der Waals surface area contributed by atoms with E-state index >= 15 is 0 Å². The summed E-state index contributed by atoms with van der Waals surface area (Å²) in [6.07, 6.45) is -4.20. The summed E-state index contributed by atoms with van der Waals surface area (Å²) in [6, 6.07) is 11.7. The second-order valence-electron chi connectivity index (χ2n) is 14.0. The number of carbonyl (C=O) groups is 1. The molecular weight excluding hydrogens is 592 g/mol. The third-order valence-corrected chi connectivity index (χ3v) is 9.67. The summed E-state index contributed by atoms with van der Waals surface area (Å²) < 4.78 is 73.8. The molecule has 0 bridgehead atoms. The van der Waals surface area contributed by atoms with Gasteiger partial charge in [0.25, 0.3) is 0 Å². The lowest BCUT2D eigenvalue weighted by molar-refractivity contribution is -0.222. The molecule has 0 radical (unpaired) electrons. The van der Waals surface area contributed by atoms with E-state index in [0.29, 0.717) is 48.4 Å². The van der Waals surface area contributed by atoms with E-state index in [1.54, 1.807) is 29.3 Å². The molecule has 0 aliphatic carbocycles. The minimum Gasteiger partial charge on any atom is -0.444 e. The van der Waals surface area contributed by atoms with Crippen molar-refractivity contribution in [2.24, 2.45) is 0 Å². The summed E-state index contributed by atoms with van der Waals surface area (Å²) in [4.78, 5) is 17.5. The topological polar surface area (TPSA) is 63.8 Å². The highest BCUT2D eigenvalue weighted by Gasteiger charge is 2.43. The summed E-state index contributed by atoms with van der Waals surface area (Å²) in [5.41, 5.74) is 1.08. The second-order valence-corrected chi connectivity index (χ2v) is 19.6. The lowest BCUT2D eigenvalue weighted by Gasteiger charge is -2.42. The number of hydrogen-bond donors (Lipinski definition) is 1. The van der Waals surface area contributed by atoms with Crippen molar-refractivity contribution in [3.8, 4) is 0 Å². The number of halogens is 4. The number of nitrogens with one attached hydrogen (secondary N) is 1. The Balaban J connectivity index is 1.54. The van der Waals surface area contributed by atoms with E-state index in [-0.39, 0.29) is 37.3 Å². The van der Waals surface area contributed by atoms with Gasteiger partial charge in [0.2, 0.25) is 0 Å². The van der Waals surface area contributed by atoms with E-state index in [4.69, 9.17) is 14.2 Å². The van der Waals surface area contributed by atoms with Crippen molar-refractivity contribution in [3.63, 3.8) is 0 Å². The Morgan fingerprint density at radius 1 is 1.05 bits per heavy atom. The molecule has 1 aliphatic rings. The number of fused-ring (bicyclic) bond motifs is 1. The minimum absolute atomic E-state index is 0.0391. The third kappa shape index (κ3) is 8.85. The molecule has 2 heterocycles. The number of amides is 1. The molecule has 1 amide bonds. The van der Waals surface area contributed by atoms with Gasteiger partial charge in [-0.05, 0) is 81.1 Å². The number of alkyl halides is 3. The first-order valence-corrected chi connectivity index (χ1v) is 18.8. The zero-order valence-corrected chi connectivity index (χ0v) is 27.4. The van der Waals surface area contributed by atoms with Crippen LogP contribution < -0.4 is 0 Å². The van der Waals surface area contributed by atoms with Crippen LogP contribution in [0.4, 0.5) is 22.4 Å². The number of likely N-dealkylation sites (tertiary alicyclic amines) is 1. The Morgan fingerprint density at radius 2 is 1.70 bits per heavy atom. The molecule has 1 saturated heterocycles. The van der Waals surface area contributed by atoms with Gasteiger partial charge in [0.1, 0.15) is 11.4 Å². The predicted octanol–water partition coefficient (Wildman–Crippen LogP) is 8.75. The van der Waals surface area contributed by atoms with Crippen LogP contribution in [0.1, 0.15) is 56.4 Å². The van der Waals surface area contributed by atoms with Gasteiger partial charge in [-0.15, -0.1) is 0 Å². The largest absolute Gasteiger partial charge is 0.444 e. The fourth-order valence-corrected chi connectivity index (χ4v) is 6.25. The van der Waals surface area contributed by atoms with Gasteiger partial charge in [-0.3, -0.25) is 0 Å². The summed E-state index contributed by atoms with van der Waals surface area (Å²) >= 11 is 0. The molecule has 1 aromatic heterocycles. The zero-order valence-electron chi connectivity index (χ0n) is 26.4. The minimum atomic E-state index is -4.57. The van der Waals surface area contributed by atoms with Gasteiger partial charge in [-0.25, -0.2) is 9.18 Å². The lowest BCUT2D eigenvalue weighted by atomic mass is 9.73. The fourth-order valence-electron chi connectivity index (χ4n) is 5.52. The maximum absolute atomic E-state index is 14.2. The zero-order chi connectivity index (χ0) is 32.3. The summed E-state index contributed by atoms with van der Waals surface area (Å²) in [5, 5.41) is 0.642. The Hall–Kier alpha value is -2.89. The number of rotatable bonds is 10. The number of carbonyl (C=O) groups excluding carboxylic acids is 1. The van der Waals surface area contributed by atoms with Crippen molar-refractivity contribution >= 4 is 25.1 Å². The summed E-state index contributed by atoms with van der Waals surface area (Å²) in [6.45, 7) is 12.9. The van der Waals surface area contributed by atoms with Crippen molar-refractivity contribution in [2.75, 3.05) is 26.3 Å². The number of ether oxygens (including phenoxy) is 3. The molecule has 44 heavy (non-hydrogen) atoms. The van der Waals surface area contributed by atoms with Crippen molar-refractivity contribution in [1.82, 2.24) is 9.88 Å². The predicted molar refractivity (Wildman–Crippen MR) is 166 cm³/mol. The van der Waals surface area contributed by atoms with Gasteiger partial charge >= 0.3 is 12.3 Å². The van der Waals surface area contributed by atoms with E-state index in [9.17, 15) is 22.4 Å². The Bertz CT molecular complexity index is 1400. The van der Waals surface area contributed by atoms with Crippen LogP contribution in [0.3, 0.4) is 0 Å². The Kier molecular flexibility index (Phi) is 10.2. The molecule has 11 heteroatoms. The highest BCUT2D eigenvalue weighted by Crippen LogP contribution is 2.40. The molecule has 1 atom stereocenters. The molecule has 1 fully saturated rings. The highest BCUT2D eigenvalue weighted by atomic mass is 28.3. The van der Waals surface area contributed by atoms with Crippen LogP contribution in [0.15, 0.2) is 48.7 Å². The SMILES string of the molecule is CC(C)(C)OC(=O)N1CCC(COCc2cc(C(OCC[Si](C)(C)C)C(F)(F)F)cc3cc[nH]c23)(c2ccc(F)cc2)CC1. The quantitative estimate of drug-likeness (QED) is 0.179. The molecule has 6 nitrogen and oxygen atoms in total. The van der Waals surface area contributed by atoms with Crippen LogP contribution >= 0.6 is 0 Å². The Labute approximate surface area is 258 Å². The number of hydrogen-bond acceptors (Lipinski definition) is 4. The number of benzene rings is 2. The molecule has 0 spiro atoms. The van der Waals surface area contributed by atoms with E-state index in [1.165, 1.54) is 24.3 Å². The average molecular weight is 637 g/mol. The molecule has 4 rings (SSSR count). The summed E-state index contributed by atoms with van der Waals surface area (Å²) in [5.74, 6) is -0.353. The van der Waals surface area contributed by atoms with Crippen molar-refractivity contribution < 1.29 is 36.6 Å². The van der Waals surface area contributed by atoms with Gasteiger partial charge in [0.15, 0.2) is 6.10 Å². The Morgan fingerprint density at radius 3 is 2.30 bits per heavy atom. The fraction of sp³-hybridized carbons (Fsp3) is 0.545. The number of aromatic amines is 1. The number of nitrogens with zero attached hydrogens (tertiary/aromatic N) is 1. The molecule has 2 aromatic carbocycles. The second kappa shape index (κ2) is 13.2. The van der Waals surface area contributed by atoms with Crippen LogP contribution in [0.25, 0.3) is 10.9 Å². The number of piperidine rings is 1. The molecule has 1 N–H and O–H groups in total. The van der Waals surface area contributed by atoms with Gasteiger partial charge < -0.3 is 24.1 Å². The van der Waals surface area contributed by atoms with Crippen LogP contribution in [0.2, 0.25) is 25.7 Å². The average Bonchev–Trinajstić information content (AvgIpc) is 3.38. The third-order valence-electron chi connectivity index (χ3n) is 7.96. The van der Waals surface area contributed by atoms with Gasteiger partial charge in [0.05, 0.1) is 18.7 Å². The van der Waals surface area contributed by atoms with Crippen LogP contribution in [0.5, 0.6) is 0 Å². The van der Waals surface area contributed by atoms with E-state index in [0.717, 1.165) is 5.56 Å². The molecule has 242 valence electrons.